The van der Waals surface area contributed by atoms with Crippen molar-refractivity contribution in [1.29, 1.82) is 0 Å². The summed E-state index contributed by atoms with van der Waals surface area (Å²) in [5.41, 5.74) is 1.44. The Morgan fingerprint density at radius 3 is 1.82 bits per heavy atom. The topological polar surface area (TPSA) is 64.7 Å². The molecule has 0 radical (unpaired) electrons. The molecule has 6 nitrogen and oxygen atoms in total. The highest BCUT2D eigenvalue weighted by Crippen LogP contribution is 2.33. The van der Waals surface area contributed by atoms with Gasteiger partial charge in [0.15, 0.2) is 0 Å². The van der Waals surface area contributed by atoms with Crippen LogP contribution in [0.25, 0.3) is 0 Å². The van der Waals surface area contributed by atoms with Gasteiger partial charge >= 0.3 is 0 Å². The number of halogens is 1. The second-order valence-electron chi connectivity index (χ2n) is 8.04. The maximum absolute atomic E-state index is 12.7. The Balaban J connectivity index is 1.23. The molecule has 1 heterocycles. The van der Waals surface area contributed by atoms with Crippen LogP contribution in [-0.2, 0) is 9.59 Å². The molecule has 0 unspecified atom stereocenters. The van der Waals surface area contributed by atoms with Crippen molar-refractivity contribution in [2.45, 2.75) is 9.79 Å². The molecule has 3 aromatic carbocycles. The third kappa shape index (κ3) is 7.08. The van der Waals surface area contributed by atoms with Crippen molar-refractivity contribution in [2.24, 2.45) is 0 Å². The van der Waals surface area contributed by atoms with Crippen LogP contribution in [0.15, 0.2) is 88.7 Å². The van der Waals surface area contributed by atoms with E-state index in [0.717, 1.165) is 41.7 Å². The third-order valence-electron chi connectivity index (χ3n) is 5.48. The molecule has 0 spiro atoms. The Hall–Kier alpha value is -2.84. The van der Waals surface area contributed by atoms with Gasteiger partial charge in [-0.3, -0.25) is 19.4 Å². The number of carbonyl (C=O) groups is 2. The van der Waals surface area contributed by atoms with E-state index in [2.05, 4.69) is 32.6 Å². The molecule has 3 aromatic rings. The van der Waals surface area contributed by atoms with Gasteiger partial charge in [-0.25, -0.2) is 0 Å². The average Bonchev–Trinajstić information content (AvgIpc) is 2.84. The van der Waals surface area contributed by atoms with E-state index in [9.17, 15) is 9.59 Å². The van der Waals surface area contributed by atoms with Crippen LogP contribution < -0.4 is 10.6 Å². The van der Waals surface area contributed by atoms with Crippen molar-refractivity contribution in [3.63, 3.8) is 0 Å². The number of rotatable bonds is 8. The van der Waals surface area contributed by atoms with E-state index >= 15 is 0 Å². The highest BCUT2D eigenvalue weighted by atomic mass is 35.5. The van der Waals surface area contributed by atoms with Gasteiger partial charge in [0.05, 0.1) is 29.5 Å². The number of anilines is 2. The second-order valence-corrected chi connectivity index (χ2v) is 9.56. The molecule has 0 saturated carbocycles. The molecule has 1 aliphatic heterocycles. The summed E-state index contributed by atoms with van der Waals surface area (Å²) < 4.78 is 0. The molecule has 0 aromatic heterocycles. The summed E-state index contributed by atoms with van der Waals surface area (Å²) in [6.07, 6.45) is 0. The van der Waals surface area contributed by atoms with Gasteiger partial charge in [-0.05, 0) is 36.4 Å². The van der Waals surface area contributed by atoms with Crippen molar-refractivity contribution in [2.75, 3.05) is 49.9 Å². The summed E-state index contributed by atoms with van der Waals surface area (Å²) in [7, 11) is 0. The predicted octanol–water partition coefficient (Wildman–Crippen LogP) is 4.69. The van der Waals surface area contributed by atoms with Crippen LogP contribution in [0.1, 0.15) is 0 Å². The van der Waals surface area contributed by atoms with Gasteiger partial charge in [0.2, 0.25) is 11.8 Å². The molecule has 176 valence electrons. The second kappa shape index (κ2) is 12.0. The van der Waals surface area contributed by atoms with Gasteiger partial charge in [-0.1, -0.05) is 65.8 Å². The fraction of sp³-hybridized carbons (Fsp3) is 0.231. The summed E-state index contributed by atoms with van der Waals surface area (Å²) in [5.74, 6) is -0.127. The van der Waals surface area contributed by atoms with E-state index in [0.29, 0.717) is 23.8 Å². The zero-order valence-corrected chi connectivity index (χ0v) is 20.3. The van der Waals surface area contributed by atoms with Crippen LogP contribution in [0.3, 0.4) is 0 Å². The summed E-state index contributed by atoms with van der Waals surface area (Å²) in [4.78, 5) is 31.4. The Morgan fingerprint density at radius 2 is 1.21 bits per heavy atom. The first kappa shape index (κ1) is 24.3. The molecule has 0 bridgehead atoms. The molecule has 1 saturated heterocycles. The minimum absolute atomic E-state index is 0.0361. The maximum atomic E-state index is 12.7. The highest BCUT2D eigenvalue weighted by molar-refractivity contribution is 7.99. The molecule has 4 rings (SSSR count). The third-order valence-corrected chi connectivity index (χ3v) is 6.89. The number of para-hydroxylation sites is 2. The van der Waals surface area contributed by atoms with E-state index < -0.39 is 0 Å². The lowest BCUT2D eigenvalue weighted by Crippen LogP contribution is -2.50. The van der Waals surface area contributed by atoms with Crippen molar-refractivity contribution in [3.05, 3.63) is 83.9 Å². The van der Waals surface area contributed by atoms with Crippen LogP contribution >= 0.6 is 23.4 Å². The van der Waals surface area contributed by atoms with E-state index in [4.69, 9.17) is 11.6 Å². The van der Waals surface area contributed by atoms with Gasteiger partial charge < -0.3 is 10.6 Å². The standard InChI is InChI=1S/C26H27ClN4O2S/c27-21-10-4-5-11-22(21)28-25(32)18-30-14-16-31(17-15-30)19-26(33)29-23-12-6-7-13-24(23)34-20-8-2-1-3-9-20/h1-13H,14-19H2,(H,28,32)(H,29,33). The number of piperazine rings is 1. The van der Waals surface area contributed by atoms with E-state index in [-0.39, 0.29) is 11.8 Å². The number of carbonyl (C=O) groups excluding carboxylic acids is 2. The van der Waals surface area contributed by atoms with Crippen LogP contribution in [-0.4, -0.2) is 60.9 Å². The van der Waals surface area contributed by atoms with Crippen molar-refractivity contribution >= 4 is 46.6 Å². The van der Waals surface area contributed by atoms with Crippen LogP contribution in [0.2, 0.25) is 5.02 Å². The summed E-state index contributed by atoms with van der Waals surface area (Å²) in [6, 6.07) is 25.1. The number of hydrogen-bond donors (Lipinski definition) is 2. The fourth-order valence-corrected chi connectivity index (χ4v) is 4.83. The van der Waals surface area contributed by atoms with Gasteiger partial charge in [0.25, 0.3) is 0 Å². The van der Waals surface area contributed by atoms with Gasteiger partial charge in [0.1, 0.15) is 0 Å². The zero-order chi connectivity index (χ0) is 23.8. The fourth-order valence-electron chi connectivity index (χ4n) is 3.73. The number of nitrogens with zero attached hydrogens (tertiary/aromatic N) is 2. The minimum Gasteiger partial charge on any atom is -0.324 e. The van der Waals surface area contributed by atoms with Crippen LogP contribution in [0, 0.1) is 0 Å². The lowest BCUT2D eigenvalue weighted by Gasteiger charge is -2.33. The van der Waals surface area contributed by atoms with E-state index in [1.54, 1.807) is 23.9 Å². The van der Waals surface area contributed by atoms with E-state index in [1.165, 1.54) is 0 Å². The molecule has 2 amide bonds. The Kier molecular flexibility index (Phi) is 8.60. The largest absolute Gasteiger partial charge is 0.324 e. The predicted molar refractivity (Wildman–Crippen MR) is 139 cm³/mol. The van der Waals surface area contributed by atoms with Crippen molar-refractivity contribution in [3.8, 4) is 0 Å². The number of nitrogens with one attached hydrogen (secondary N) is 2. The summed E-state index contributed by atoms with van der Waals surface area (Å²) >= 11 is 7.74. The molecule has 0 atom stereocenters. The smallest absolute Gasteiger partial charge is 0.238 e. The lowest BCUT2D eigenvalue weighted by atomic mass is 10.2. The van der Waals surface area contributed by atoms with Crippen molar-refractivity contribution in [1.82, 2.24) is 9.80 Å². The Morgan fingerprint density at radius 1 is 0.706 bits per heavy atom. The van der Waals surface area contributed by atoms with E-state index in [1.807, 2.05) is 54.6 Å². The van der Waals surface area contributed by atoms with Gasteiger partial charge in [-0.15, -0.1) is 0 Å². The van der Waals surface area contributed by atoms with Crippen molar-refractivity contribution < 1.29 is 9.59 Å². The number of benzene rings is 3. The SMILES string of the molecule is O=C(CN1CCN(CC(=O)Nc2ccccc2Sc2ccccc2)CC1)Nc1ccccc1Cl. The van der Waals surface area contributed by atoms with Gasteiger partial charge in [0, 0.05) is 36.0 Å². The first-order valence-corrected chi connectivity index (χ1v) is 12.4. The summed E-state index contributed by atoms with van der Waals surface area (Å²) in [5, 5.41) is 6.44. The summed E-state index contributed by atoms with van der Waals surface area (Å²) in [6.45, 7) is 3.53. The first-order valence-electron chi connectivity index (χ1n) is 11.2. The first-order chi connectivity index (χ1) is 16.6. The minimum atomic E-state index is -0.0909. The molecular weight excluding hydrogens is 468 g/mol. The maximum Gasteiger partial charge on any atom is 0.238 e. The molecule has 34 heavy (non-hydrogen) atoms. The number of hydrogen-bond acceptors (Lipinski definition) is 5. The Labute approximate surface area is 209 Å². The molecule has 8 heteroatoms. The molecule has 0 aliphatic carbocycles. The lowest BCUT2D eigenvalue weighted by molar-refractivity contribution is -0.120. The molecule has 1 aliphatic rings. The molecule has 1 fully saturated rings. The highest BCUT2D eigenvalue weighted by Gasteiger charge is 2.21. The average molecular weight is 495 g/mol. The van der Waals surface area contributed by atoms with Crippen LogP contribution in [0.4, 0.5) is 11.4 Å². The van der Waals surface area contributed by atoms with Crippen LogP contribution in [0.5, 0.6) is 0 Å². The molecule has 2 N–H and O–H groups in total. The number of amides is 2. The zero-order valence-electron chi connectivity index (χ0n) is 18.7. The molecular formula is C26H27ClN4O2S. The monoisotopic (exact) mass is 494 g/mol. The van der Waals surface area contributed by atoms with Gasteiger partial charge in [-0.2, -0.15) is 0 Å². The Bertz CT molecular complexity index is 1120. The quantitative estimate of drug-likeness (QED) is 0.476. The normalized spacial score (nSPS) is 14.5.